The second-order valence-corrected chi connectivity index (χ2v) is 5.97. The van der Waals surface area contributed by atoms with E-state index in [2.05, 4.69) is 30.2 Å². The zero-order valence-electron chi connectivity index (χ0n) is 11.8. The van der Waals surface area contributed by atoms with Gasteiger partial charge in [-0.3, -0.25) is 9.59 Å². The molecular formula is C15H20N2O2. The number of carbonyl (C=O) groups excluding carboxylic acids is 1. The molecule has 19 heavy (non-hydrogen) atoms. The van der Waals surface area contributed by atoms with Crippen molar-refractivity contribution in [1.82, 2.24) is 4.98 Å². The Morgan fingerprint density at radius 2 is 2.11 bits per heavy atom. The predicted octanol–water partition coefficient (Wildman–Crippen LogP) is 2.55. The maximum Gasteiger partial charge on any atom is 0.271 e. The van der Waals surface area contributed by atoms with Gasteiger partial charge in [0.25, 0.3) is 5.56 Å². The first-order valence-corrected chi connectivity index (χ1v) is 6.47. The molecule has 4 heteroatoms. The second-order valence-electron chi connectivity index (χ2n) is 5.97. The fourth-order valence-electron chi connectivity index (χ4n) is 2.58. The number of carbonyl (C=O) groups is 1. The number of nitrogens with one attached hydrogen (secondary N) is 2. The normalized spacial score (nSPS) is 23.6. The highest BCUT2D eigenvalue weighted by Crippen LogP contribution is 2.59. The summed E-state index contributed by atoms with van der Waals surface area (Å²) in [5, 5.41) is 2.72. The van der Waals surface area contributed by atoms with Crippen molar-refractivity contribution in [3.8, 4) is 0 Å². The standard InChI is InChI=1S/C15H20N2O2/c1-9(2)8-10-12(15(10,3)4)14(19)17-11-6-5-7-16-13(11)18/h5-8,10,12H,1-4H3,(H,16,18)(H,17,19)/t10-,12+/m0/s1. The summed E-state index contributed by atoms with van der Waals surface area (Å²) >= 11 is 0. The van der Waals surface area contributed by atoms with Crippen LogP contribution in [0.2, 0.25) is 0 Å². The molecule has 1 aromatic rings. The zero-order chi connectivity index (χ0) is 14.2. The van der Waals surface area contributed by atoms with E-state index in [1.807, 2.05) is 13.8 Å². The van der Waals surface area contributed by atoms with E-state index in [9.17, 15) is 9.59 Å². The van der Waals surface area contributed by atoms with Crippen LogP contribution in [0.25, 0.3) is 0 Å². The van der Waals surface area contributed by atoms with Crippen molar-refractivity contribution in [1.29, 1.82) is 0 Å². The summed E-state index contributed by atoms with van der Waals surface area (Å²) < 4.78 is 0. The second kappa shape index (κ2) is 4.68. The molecule has 4 nitrogen and oxygen atoms in total. The summed E-state index contributed by atoms with van der Waals surface area (Å²) in [5.74, 6) is 0.103. The third-order valence-corrected chi connectivity index (χ3v) is 3.78. The molecule has 0 aliphatic heterocycles. The van der Waals surface area contributed by atoms with Gasteiger partial charge in [0.05, 0.1) is 5.92 Å². The van der Waals surface area contributed by atoms with Gasteiger partial charge < -0.3 is 10.3 Å². The number of allylic oxidation sites excluding steroid dienone is 2. The van der Waals surface area contributed by atoms with E-state index >= 15 is 0 Å². The number of hydrogen-bond acceptors (Lipinski definition) is 2. The van der Waals surface area contributed by atoms with E-state index in [-0.39, 0.29) is 28.7 Å². The Morgan fingerprint density at radius 1 is 1.42 bits per heavy atom. The Bertz CT molecular complexity index is 580. The topological polar surface area (TPSA) is 62.0 Å². The summed E-state index contributed by atoms with van der Waals surface area (Å²) in [6, 6.07) is 3.31. The molecule has 1 fully saturated rings. The molecule has 1 heterocycles. The number of rotatable bonds is 3. The molecule has 1 aliphatic carbocycles. The lowest BCUT2D eigenvalue weighted by atomic mass is 10.1. The van der Waals surface area contributed by atoms with Gasteiger partial charge in [0.2, 0.25) is 5.91 Å². The fraction of sp³-hybridized carbons (Fsp3) is 0.467. The molecule has 1 amide bonds. The molecule has 2 N–H and O–H groups in total. The first kappa shape index (κ1) is 13.6. The zero-order valence-corrected chi connectivity index (χ0v) is 11.8. The van der Waals surface area contributed by atoms with Crippen molar-refractivity contribution < 1.29 is 4.79 Å². The maximum atomic E-state index is 12.2. The first-order chi connectivity index (χ1) is 8.84. The smallest absolute Gasteiger partial charge is 0.271 e. The quantitative estimate of drug-likeness (QED) is 0.820. The highest BCUT2D eigenvalue weighted by Gasteiger charge is 2.60. The van der Waals surface area contributed by atoms with Gasteiger partial charge in [0.1, 0.15) is 5.69 Å². The SMILES string of the molecule is CC(C)=C[C@H]1[C@H](C(=O)Nc2ccc[nH]c2=O)C1(C)C. The lowest BCUT2D eigenvalue weighted by Gasteiger charge is -2.04. The van der Waals surface area contributed by atoms with Crippen LogP contribution < -0.4 is 10.9 Å². The monoisotopic (exact) mass is 260 g/mol. The van der Waals surface area contributed by atoms with Crippen LogP contribution in [0.4, 0.5) is 5.69 Å². The van der Waals surface area contributed by atoms with Crippen molar-refractivity contribution in [2.45, 2.75) is 27.7 Å². The van der Waals surface area contributed by atoms with Gasteiger partial charge in [-0.1, -0.05) is 25.5 Å². The van der Waals surface area contributed by atoms with E-state index in [0.717, 1.165) is 0 Å². The van der Waals surface area contributed by atoms with E-state index in [1.165, 1.54) is 5.57 Å². The predicted molar refractivity (Wildman–Crippen MR) is 75.9 cm³/mol. The van der Waals surface area contributed by atoms with E-state index in [4.69, 9.17) is 0 Å². The Kier molecular flexibility index (Phi) is 3.35. The van der Waals surface area contributed by atoms with Gasteiger partial charge in [0.15, 0.2) is 0 Å². The number of hydrogen-bond donors (Lipinski definition) is 2. The third kappa shape index (κ3) is 2.62. The molecule has 1 aromatic heterocycles. The summed E-state index contributed by atoms with van der Waals surface area (Å²) in [4.78, 5) is 26.3. The van der Waals surface area contributed by atoms with Crippen LogP contribution in [-0.4, -0.2) is 10.9 Å². The van der Waals surface area contributed by atoms with Crippen molar-refractivity contribution >= 4 is 11.6 Å². The van der Waals surface area contributed by atoms with E-state index < -0.39 is 0 Å². The molecule has 0 unspecified atom stereocenters. The number of amides is 1. The van der Waals surface area contributed by atoms with Crippen LogP contribution in [0, 0.1) is 17.3 Å². The Balaban J connectivity index is 2.13. The lowest BCUT2D eigenvalue weighted by Crippen LogP contribution is -2.22. The van der Waals surface area contributed by atoms with Crippen LogP contribution in [0.15, 0.2) is 34.8 Å². The minimum Gasteiger partial charge on any atom is -0.327 e. The van der Waals surface area contributed by atoms with Gasteiger partial charge in [-0.2, -0.15) is 0 Å². The van der Waals surface area contributed by atoms with Gasteiger partial charge in [-0.25, -0.2) is 0 Å². The molecule has 0 spiro atoms. The minimum atomic E-state index is -0.270. The average Bonchev–Trinajstić information content (AvgIpc) is 2.82. The van der Waals surface area contributed by atoms with Crippen molar-refractivity contribution in [2.24, 2.45) is 17.3 Å². The Morgan fingerprint density at radius 3 is 2.68 bits per heavy atom. The van der Waals surface area contributed by atoms with Gasteiger partial charge in [0, 0.05) is 6.20 Å². The molecule has 1 aliphatic rings. The number of aromatic nitrogens is 1. The lowest BCUT2D eigenvalue weighted by molar-refractivity contribution is -0.118. The molecule has 1 saturated carbocycles. The number of aromatic amines is 1. The average molecular weight is 260 g/mol. The van der Waals surface area contributed by atoms with Crippen molar-refractivity contribution in [3.05, 3.63) is 40.3 Å². The molecule has 2 atom stereocenters. The maximum absolute atomic E-state index is 12.2. The number of anilines is 1. The molecule has 0 aromatic carbocycles. The van der Waals surface area contributed by atoms with Gasteiger partial charge in [-0.05, 0) is 37.3 Å². The van der Waals surface area contributed by atoms with Crippen LogP contribution >= 0.6 is 0 Å². The highest BCUT2D eigenvalue weighted by atomic mass is 16.2. The molecule has 102 valence electrons. The van der Waals surface area contributed by atoms with Crippen molar-refractivity contribution in [3.63, 3.8) is 0 Å². The third-order valence-electron chi connectivity index (χ3n) is 3.78. The summed E-state index contributed by atoms with van der Waals surface area (Å²) in [6.45, 7) is 8.23. The van der Waals surface area contributed by atoms with Crippen molar-refractivity contribution in [2.75, 3.05) is 5.32 Å². The van der Waals surface area contributed by atoms with E-state index in [0.29, 0.717) is 5.69 Å². The molecular weight excluding hydrogens is 240 g/mol. The van der Waals surface area contributed by atoms with Gasteiger partial charge in [-0.15, -0.1) is 0 Å². The fourth-order valence-corrected chi connectivity index (χ4v) is 2.58. The minimum absolute atomic E-state index is 0.0388. The summed E-state index contributed by atoms with van der Waals surface area (Å²) in [5.41, 5.74) is 1.22. The van der Waals surface area contributed by atoms with E-state index in [1.54, 1.807) is 18.3 Å². The largest absolute Gasteiger partial charge is 0.327 e. The summed E-state index contributed by atoms with van der Waals surface area (Å²) in [7, 11) is 0. The van der Waals surface area contributed by atoms with Crippen LogP contribution in [0.1, 0.15) is 27.7 Å². The number of H-pyrrole nitrogens is 1. The van der Waals surface area contributed by atoms with Crippen LogP contribution in [0.3, 0.4) is 0 Å². The highest BCUT2D eigenvalue weighted by molar-refractivity contribution is 5.95. The van der Waals surface area contributed by atoms with Gasteiger partial charge >= 0.3 is 0 Å². The first-order valence-electron chi connectivity index (χ1n) is 6.47. The Hall–Kier alpha value is -1.84. The Labute approximate surface area is 112 Å². The van der Waals surface area contributed by atoms with Crippen LogP contribution in [0.5, 0.6) is 0 Å². The van der Waals surface area contributed by atoms with Crippen LogP contribution in [-0.2, 0) is 4.79 Å². The molecule has 2 rings (SSSR count). The molecule has 0 bridgehead atoms. The summed E-state index contributed by atoms with van der Waals surface area (Å²) in [6.07, 6.45) is 3.69. The molecule has 0 radical (unpaired) electrons. The number of pyridine rings is 1. The molecule has 0 saturated heterocycles.